The number of aryl methyl sites for hydroxylation is 1. The van der Waals surface area contributed by atoms with E-state index in [-0.39, 0.29) is 24.5 Å². The second kappa shape index (κ2) is 11.6. The van der Waals surface area contributed by atoms with Crippen LogP contribution in [-0.4, -0.2) is 35.3 Å². The minimum atomic E-state index is -0.147. The van der Waals surface area contributed by atoms with Gasteiger partial charge in [0.15, 0.2) is 5.78 Å². The number of aromatic amines is 1. The lowest BCUT2D eigenvalue weighted by Gasteiger charge is -2.06. The Morgan fingerprint density at radius 1 is 0.971 bits per heavy atom. The first kappa shape index (κ1) is 24.4. The lowest BCUT2D eigenvalue weighted by molar-refractivity contribution is -0.121. The van der Waals surface area contributed by atoms with Crippen LogP contribution in [0.1, 0.15) is 53.6 Å². The zero-order valence-corrected chi connectivity index (χ0v) is 20.1. The van der Waals surface area contributed by atoms with Crippen LogP contribution in [0.15, 0.2) is 54.7 Å². The lowest BCUT2D eigenvalue weighted by Crippen LogP contribution is -2.23. The summed E-state index contributed by atoms with van der Waals surface area (Å²) in [6.45, 7) is 1.14. The molecule has 35 heavy (non-hydrogen) atoms. The van der Waals surface area contributed by atoms with Crippen LogP contribution < -0.4 is 15.8 Å². The maximum atomic E-state index is 12.8. The lowest BCUT2D eigenvalue weighted by atomic mass is 10.0. The van der Waals surface area contributed by atoms with E-state index >= 15 is 0 Å². The molecule has 0 bridgehead atoms. The molecule has 0 radical (unpaired) electrons. The Kier molecular flexibility index (Phi) is 8.11. The summed E-state index contributed by atoms with van der Waals surface area (Å²) in [6, 6.07) is 15.3. The van der Waals surface area contributed by atoms with E-state index < -0.39 is 0 Å². The van der Waals surface area contributed by atoms with Crippen molar-refractivity contribution in [2.45, 2.75) is 45.1 Å². The molecule has 0 atom stereocenters. The number of rotatable bonds is 12. The van der Waals surface area contributed by atoms with Gasteiger partial charge in [0.25, 0.3) is 0 Å². The molecule has 0 saturated heterocycles. The highest BCUT2D eigenvalue weighted by molar-refractivity contribution is 6.09. The van der Waals surface area contributed by atoms with Crippen LogP contribution in [0.3, 0.4) is 0 Å². The van der Waals surface area contributed by atoms with E-state index in [4.69, 9.17) is 10.5 Å². The molecule has 4 rings (SSSR count). The van der Waals surface area contributed by atoms with Gasteiger partial charge in [-0.15, -0.1) is 0 Å². The summed E-state index contributed by atoms with van der Waals surface area (Å²) in [4.78, 5) is 33.0. The van der Waals surface area contributed by atoms with Crippen LogP contribution >= 0.6 is 0 Å². The predicted molar refractivity (Wildman–Crippen MR) is 139 cm³/mol. The third kappa shape index (κ3) is 6.25. The van der Waals surface area contributed by atoms with Crippen molar-refractivity contribution < 1.29 is 14.3 Å². The van der Waals surface area contributed by atoms with Crippen molar-refractivity contribution in [3.63, 3.8) is 0 Å². The molecule has 0 unspecified atom stereocenters. The number of nitrogens with two attached hydrogens (primary N) is 1. The van der Waals surface area contributed by atoms with Crippen LogP contribution in [0.4, 0.5) is 0 Å². The van der Waals surface area contributed by atoms with Crippen molar-refractivity contribution in [1.29, 1.82) is 0 Å². The molecular weight excluding hydrogens is 440 g/mol. The highest BCUT2D eigenvalue weighted by atomic mass is 16.5. The van der Waals surface area contributed by atoms with Gasteiger partial charge in [-0.25, -0.2) is 4.98 Å². The van der Waals surface area contributed by atoms with Gasteiger partial charge in [0, 0.05) is 47.4 Å². The first-order chi connectivity index (χ1) is 17.1. The van der Waals surface area contributed by atoms with Gasteiger partial charge in [-0.2, -0.15) is 0 Å². The number of hydrogen-bond donors (Lipinski definition) is 3. The van der Waals surface area contributed by atoms with Gasteiger partial charge in [-0.1, -0.05) is 18.6 Å². The Labute approximate surface area is 205 Å². The Morgan fingerprint density at radius 2 is 1.80 bits per heavy atom. The summed E-state index contributed by atoms with van der Waals surface area (Å²) in [5.41, 5.74) is 10.1. The van der Waals surface area contributed by atoms with E-state index in [1.165, 1.54) is 5.56 Å². The first-order valence-electron chi connectivity index (χ1n) is 12.1. The molecule has 2 aromatic heterocycles. The Hall–Kier alpha value is -3.71. The maximum absolute atomic E-state index is 12.8. The number of ether oxygens (including phenoxy) is 1. The first-order valence-corrected chi connectivity index (χ1v) is 12.1. The quantitative estimate of drug-likeness (QED) is 0.205. The van der Waals surface area contributed by atoms with E-state index in [1.54, 1.807) is 7.11 Å². The van der Waals surface area contributed by atoms with Gasteiger partial charge in [0.05, 0.1) is 7.11 Å². The minimum absolute atomic E-state index is 0.0493. The molecule has 0 aliphatic rings. The fourth-order valence-electron chi connectivity index (χ4n) is 4.18. The molecule has 2 heterocycles. The van der Waals surface area contributed by atoms with Crippen molar-refractivity contribution in [3.8, 4) is 5.75 Å². The molecule has 4 aromatic rings. The van der Waals surface area contributed by atoms with Crippen LogP contribution in [-0.2, 0) is 17.8 Å². The number of hydrogen-bond acceptors (Lipinski definition) is 5. The fraction of sp³-hybridized carbons (Fsp3) is 0.321. The average Bonchev–Trinajstić information content (AvgIpc) is 3.26. The number of Topliss-reactive ketones (excluding diaryl/α,β-unsaturated/α-hetero) is 1. The van der Waals surface area contributed by atoms with Crippen molar-refractivity contribution in [2.24, 2.45) is 5.73 Å². The van der Waals surface area contributed by atoms with Gasteiger partial charge < -0.3 is 20.8 Å². The van der Waals surface area contributed by atoms with Gasteiger partial charge in [0.1, 0.15) is 11.4 Å². The smallest absolute Gasteiger partial charge is 0.220 e. The molecule has 0 aliphatic carbocycles. The molecule has 0 spiro atoms. The van der Waals surface area contributed by atoms with E-state index in [9.17, 15) is 9.59 Å². The average molecular weight is 473 g/mol. The molecular formula is C28H32N4O3. The SMILES string of the molecule is COc1ccc(CNC(=O)CCC(=O)c2ccc3[nH]c4ncc(CCCCCN)cc4c3c2)cc1. The number of aromatic nitrogens is 2. The highest BCUT2D eigenvalue weighted by Gasteiger charge is 2.13. The second-order valence-electron chi connectivity index (χ2n) is 8.77. The third-order valence-corrected chi connectivity index (χ3v) is 6.23. The van der Waals surface area contributed by atoms with Crippen LogP contribution in [0.2, 0.25) is 0 Å². The molecule has 0 aliphatic heterocycles. The largest absolute Gasteiger partial charge is 0.497 e. The summed E-state index contributed by atoms with van der Waals surface area (Å²) >= 11 is 0. The molecule has 7 nitrogen and oxygen atoms in total. The summed E-state index contributed by atoms with van der Waals surface area (Å²) in [6.07, 6.45) is 6.40. The molecule has 4 N–H and O–H groups in total. The zero-order chi connectivity index (χ0) is 24.6. The van der Waals surface area contributed by atoms with E-state index in [0.717, 1.165) is 65.5 Å². The molecule has 0 fully saturated rings. The van der Waals surface area contributed by atoms with Crippen molar-refractivity contribution in [3.05, 3.63) is 71.4 Å². The standard InChI is InChI=1S/C28H32N4O3/c1-35-22-9-6-19(7-10-22)17-30-27(34)13-12-26(33)21-8-11-25-23(16-21)24-15-20(5-3-2-4-14-29)18-31-28(24)32-25/h6-11,15-16,18H,2-5,12-14,17,29H2,1H3,(H,30,34)(H,31,32). The number of ketones is 1. The normalized spacial score (nSPS) is 11.1. The topological polar surface area (TPSA) is 110 Å². The summed E-state index contributed by atoms with van der Waals surface area (Å²) in [5, 5.41) is 4.87. The number of nitrogens with one attached hydrogen (secondary N) is 2. The zero-order valence-electron chi connectivity index (χ0n) is 20.1. The molecule has 182 valence electrons. The maximum Gasteiger partial charge on any atom is 0.220 e. The highest BCUT2D eigenvalue weighted by Crippen LogP contribution is 2.27. The van der Waals surface area contributed by atoms with E-state index in [2.05, 4.69) is 21.4 Å². The number of benzene rings is 2. The summed E-state index contributed by atoms with van der Waals surface area (Å²) in [5.74, 6) is 0.574. The van der Waals surface area contributed by atoms with Gasteiger partial charge >= 0.3 is 0 Å². The van der Waals surface area contributed by atoms with Crippen molar-refractivity contribution in [2.75, 3.05) is 13.7 Å². The Balaban J connectivity index is 1.37. The number of pyridine rings is 1. The second-order valence-corrected chi connectivity index (χ2v) is 8.77. The molecule has 1 amide bonds. The number of unbranched alkanes of at least 4 members (excludes halogenated alkanes) is 2. The molecule has 2 aromatic carbocycles. The number of nitrogens with zero attached hydrogens (tertiary/aromatic N) is 1. The van der Waals surface area contributed by atoms with E-state index in [0.29, 0.717) is 12.1 Å². The Morgan fingerprint density at radius 3 is 2.57 bits per heavy atom. The Bertz CT molecular complexity index is 1310. The summed E-state index contributed by atoms with van der Waals surface area (Å²) in [7, 11) is 1.62. The van der Waals surface area contributed by atoms with Crippen molar-refractivity contribution >= 4 is 33.6 Å². The molecule has 7 heteroatoms. The minimum Gasteiger partial charge on any atom is -0.497 e. The number of carbonyl (C=O) groups is 2. The fourth-order valence-corrected chi connectivity index (χ4v) is 4.18. The number of fused-ring (bicyclic) bond motifs is 3. The number of H-pyrrole nitrogens is 1. The van der Waals surface area contributed by atoms with Gasteiger partial charge in [-0.05, 0) is 73.3 Å². The van der Waals surface area contributed by atoms with Gasteiger partial charge in [-0.3, -0.25) is 9.59 Å². The number of carbonyl (C=O) groups excluding carboxylic acids is 2. The van der Waals surface area contributed by atoms with Crippen molar-refractivity contribution in [1.82, 2.24) is 15.3 Å². The molecule has 0 saturated carbocycles. The van der Waals surface area contributed by atoms with Crippen LogP contribution in [0.5, 0.6) is 5.75 Å². The van der Waals surface area contributed by atoms with E-state index in [1.807, 2.05) is 48.7 Å². The number of amides is 1. The summed E-state index contributed by atoms with van der Waals surface area (Å²) < 4.78 is 5.14. The third-order valence-electron chi connectivity index (χ3n) is 6.23. The van der Waals surface area contributed by atoms with Crippen LogP contribution in [0.25, 0.3) is 21.9 Å². The predicted octanol–water partition coefficient (Wildman–Crippen LogP) is 4.68. The number of methoxy groups -OCH3 is 1. The monoisotopic (exact) mass is 472 g/mol. The van der Waals surface area contributed by atoms with Gasteiger partial charge in [0.2, 0.25) is 5.91 Å². The van der Waals surface area contributed by atoms with Crippen LogP contribution in [0, 0.1) is 0 Å².